The Hall–Kier alpha value is -0.450. The second kappa shape index (κ2) is 5.75. The Bertz CT molecular complexity index is 318. The quantitative estimate of drug-likeness (QED) is 0.852. The summed E-state index contributed by atoms with van der Waals surface area (Å²) in [5, 5.41) is 3.43. The van der Waals surface area contributed by atoms with Crippen LogP contribution in [0.15, 0.2) is 5.38 Å². The van der Waals surface area contributed by atoms with Gasteiger partial charge in [0.2, 0.25) is 0 Å². The van der Waals surface area contributed by atoms with E-state index in [1.165, 1.54) is 43.2 Å². The van der Waals surface area contributed by atoms with Gasteiger partial charge in [-0.25, -0.2) is 4.98 Å². The molecule has 1 unspecified atom stereocenters. The van der Waals surface area contributed by atoms with Crippen LogP contribution < -0.4 is 5.73 Å². The lowest BCUT2D eigenvalue weighted by Crippen LogP contribution is -2.21. The number of hydrogen-bond donors (Lipinski definition) is 1. The normalized spacial score (nSPS) is 19.1. The topological polar surface area (TPSA) is 42.1 Å². The molecule has 0 radical (unpaired) electrons. The van der Waals surface area contributed by atoms with E-state index in [0.717, 1.165) is 6.42 Å². The van der Waals surface area contributed by atoms with Gasteiger partial charge in [0.05, 0.1) is 10.7 Å². The van der Waals surface area contributed by atoms with Gasteiger partial charge in [-0.15, -0.1) is 11.3 Å². The first-order valence-corrected chi connectivity index (χ1v) is 7.04. The van der Waals surface area contributed by atoms with Crippen molar-refractivity contribution < 1.29 is 0 Å². The summed E-state index contributed by atoms with van der Waals surface area (Å²) in [6.45, 7) is 6.55. The van der Waals surface area contributed by atoms with Crippen molar-refractivity contribution >= 4 is 11.3 Å². The number of nitrogens with two attached hydrogens (primary N) is 1. The average molecular weight is 239 g/mol. The molecule has 1 aromatic rings. The molecule has 2 rings (SSSR count). The molecule has 1 saturated heterocycles. The Balaban J connectivity index is 1.82. The zero-order valence-corrected chi connectivity index (χ0v) is 10.8. The highest BCUT2D eigenvalue weighted by atomic mass is 32.1. The molecule has 4 heteroatoms. The Labute approximate surface area is 102 Å². The van der Waals surface area contributed by atoms with Gasteiger partial charge < -0.3 is 10.6 Å². The summed E-state index contributed by atoms with van der Waals surface area (Å²) < 4.78 is 0. The predicted octanol–water partition coefficient (Wildman–Crippen LogP) is 1.84. The average Bonchev–Trinajstić information content (AvgIpc) is 2.96. The van der Waals surface area contributed by atoms with Gasteiger partial charge in [0.15, 0.2) is 0 Å². The summed E-state index contributed by atoms with van der Waals surface area (Å²) >= 11 is 1.78. The van der Waals surface area contributed by atoms with E-state index in [-0.39, 0.29) is 0 Å². The van der Waals surface area contributed by atoms with Crippen molar-refractivity contribution in [2.75, 3.05) is 26.2 Å². The third-order valence-electron chi connectivity index (χ3n) is 3.27. The fraction of sp³-hybridized carbons (Fsp3) is 0.750. The van der Waals surface area contributed by atoms with Crippen molar-refractivity contribution in [3.8, 4) is 0 Å². The van der Waals surface area contributed by atoms with Gasteiger partial charge in [-0.2, -0.15) is 0 Å². The fourth-order valence-electron chi connectivity index (χ4n) is 2.05. The molecule has 0 saturated carbocycles. The maximum absolute atomic E-state index is 5.64. The SMILES string of the molecule is CC(CN)c1csc(CCN2CCCC2)n1. The molecular formula is C12H21N3S. The molecule has 1 aromatic heterocycles. The minimum absolute atomic E-state index is 0.400. The number of likely N-dealkylation sites (tertiary alicyclic amines) is 1. The van der Waals surface area contributed by atoms with E-state index in [1.807, 2.05) is 0 Å². The highest BCUT2D eigenvalue weighted by molar-refractivity contribution is 7.09. The smallest absolute Gasteiger partial charge is 0.0941 e. The first-order chi connectivity index (χ1) is 7.79. The summed E-state index contributed by atoms with van der Waals surface area (Å²) in [5.74, 6) is 0.400. The van der Waals surface area contributed by atoms with E-state index in [2.05, 4.69) is 22.2 Å². The van der Waals surface area contributed by atoms with Crippen molar-refractivity contribution in [1.82, 2.24) is 9.88 Å². The lowest BCUT2D eigenvalue weighted by molar-refractivity contribution is 0.343. The van der Waals surface area contributed by atoms with Crippen molar-refractivity contribution in [3.05, 3.63) is 16.1 Å². The lowest BCUT2D eigenvalue weighted by Gasteiger charge is -2.12. The summed E-state index contributed by atoms with van der Waals surface area (Å²) in [5.41, 5.74) is 6.81. The Morgan fingerprint density at radius 3 is 2.94 bits per heavy atom. The van der Waals surface area contributed by atoms with E-state index in [0.29, 0.717) is 12.5 Å². The molecule has 0 aromatic carbocycles. The first kappa shape index (κ1) is 12.0. The van der Waals surface area contributed by atoms with Crippen LogP contribution in [0.2, 0.25) is 0 Å². The second-order valence-corrected chi connectivity index (χ2v) is 5.54. The van der Waals surface area contributed by atoms with Crippen molar-refractivity contribution in [2.45, 2.75) is 32.1 Å². The second-order valence-electron chi connectivity index (χ2n) is 4.60. The van der Waals surface area contributed by atoms with Crippen LogP contribution in [-0.4, -0.2) is 36.1 Å². The highest BCUT2D eigenvalue weighted by Crippen LogP contribution is 2.18. The van der Waals surface area contributed by atoms with E-state index in [1.54, 1.807) is 11.3 Å². The minimum Gasteiger partial charge on any atom is -0.330 e. The van der Waals surface area contributed by atoms with Crippen molar-refractivity contribution in [3.63, 3.8) is 0 Å². The molecule has 2 N–H and O–H groups in total. The third kappa shape index (κ3) is 3.03. The zero-order valence-electron chi connectivity index (χ0n) is 9.98. The van der Waals surface area contributed by atoms with Crippen molar-refractivity contribution in [1.29, 1.82) is 0 Å². The Morgan fingerprint density at radius 1 is 1.50 bits per heavy atom. The molecule has 2 heterocycles. The van der Waals surface area contributed by atoms with Crippen LogP contribution in [0.5, 0.6) is 0 Å². The van der Waals surface area contributed by atoms with Crippen LogP contribution in [0.25, 0.3) is 0 Å². The number of thiazole rings is 1. The van der Waals surface area contributed by atoms with Crippen LogP contribution in [0.3, 0.4) is 0 Å². The maximum Gasteiger partial charge on any atom is 0.0941 e. The molecular weight excluding hydrogens is 218 g/mol. The predicted molar refractivity (Wildman–Crippen MR) is 69.0 cm³/mol. The Kier molecular flexibility index (Phi) is 4.32. The van der Waals surface area contributed by atoms with Crippen LogP contribution in [0.1, 0.15) is 36.4 Å². The third-order valence-corrected chi connectivity index (χ3v) is 4.20. The molecule has 0 spiro atoms. The number of rotatable bonds is 5. The summed E-state index contributed by atoms with van der Waals surface area (Å²) in [7, 11) is 0. The lowest BCUT2D eigenvalue weighted by atomic mass is 10.1. The van der Waals surface area contributed by atoms with Crippen LogP contribution >= 0.6 is 11.3 Å². The largest absolute Gasteiger partial charge is 0.330 e. The monoisotopic (exact) mass is 239 g/mol. The van der Waals surface area contributed by atoms with Crippen molar-refractivity contribution in [2.24, 2.45) is 5.73 Å². The molecule has 16 heavy (non-hydrogen) atoms. The summed E-state index contributed by atoms with van der Waals surface area (Å²) in [4.78, 5) is 7.19. The van der Waals surface area contributed by atoms with Crippen LogP contribution in [0.4, 0.5) is 0 Å². The number of hydrogen-bond acceptors (Lipinski definition) is 4. The number of nitrogens with zero attached hydrogens (tertiary/aromatic N) is 2. The maximum atomic E-state index is 5.64. The molecule has 1 aliphatic rings. The van der Waals surface area contributed by atoms with Gasteiger partial charge in [0, 0.05) is 30.8 Å². The molecule has 0 aliphatic carbocycles. The van der Waals surface area contributed by atoms with Crippen LogP contribution in [-0.2, 0) is 6.42 Å². The van der Waals surface area contributed by atoms with Gasteiger partial charge in [0.25, 0.3) is 0 Å². The van der Waals surface area contributed by atoms with Gasteiger partial charge >= 0.3 is 0 Å². The first-order valence-electron chi connectivity index (χ1n) is 6.16. The summed E-state index contributed by atoms with van der Waals surface area (Å²) in [6, 6.07) is 0. The molecule has 1 atom stereocenters. The van der Waals surface area contributed by atoms with E-state index < -0.39 is 0 Å². The van der Waals surface area contributed by atoms with Gasteiger partial charge in [-0.3, -0.25) is 0 Å². The van der Waals surface area contributed by atoms with E-state index >= 15 is 0 Å². The highest BCUT2D eigenvalue weighted by Gasteiger charge is 2.13. The number of aromatic nitrogens is 1. The fourth-order valence-corrected chi connectivity index (χ4v) is 2.96. The van der Waals surface area contributed by atoms with Crippen LogP contribution in [0, 0.1) is 0 Å². The molecule has 0 bridgehead atoms. The zero-order chi connectivity index (χ0) is 11.4. The summed E-state index contributed by atoms with van der Waals surface area (Å²) in [6.07, 6.45) is 3.84. The molecule has 90 valence electrons. The van der Waals surface area contributed by atoms with E-state index in [4.69, 9.17) is 5.73 Å². The Morgan fingerprint density at radius 2 is 2.25 bits per heavy atom. The molecule has 1 aliphatic heterocycles. The minimum atomic E-state index is 0.400. The van der Waals surface area contributed by atoms with E-state index in [9.17, 15) is 0 Å². The van der Waals surface area contributed by atoms with Gasteiger partial charge in [-0.1, -0.05) is 6.92 Å². The van der Waals surface area contributed by atoms with Gasteiger partial charge in [-0.05, 0) is 25.9 Å². The standard InChI is InChI=1S/C12H21N3S/c1-10(8-13)11-9-16-12(14-11)4-7-15-5-2-3-6-15/h9-10H,2-8,13H2,1H3. The molecule has 1 fully saturated rings. The van der Waals surface area contributed by atoms with Gasteiger partial charge in [0.1, 0.15) is 0 Å². The molecule has 0 amide bonds. The molecule has 3 nitrogen and oxygen atoms in total.